The van der Waals surface area contributed by atoms with Gasteiger partial charge < -0.3 is 15.3 Å². The summed E-state index contributed by atoms with van der Waals surface area (Å²) in [5.74, 6) is 0. The standard InChI is InChI=1S/C14H25N3O2S/c1-5-13-16-12(9-20-13)6-7-15-14(19)17(10(2)3)8-11(4)18/h9-11,18H,5-8H2,1-4H3,(H,15,19). The van der Waals surface area contributed by atoms with E-state index >= 15 is 0 Å². The zero-order valence-corrected chi connectivity index (χ0v) is 13.5. The van der Waals surface area contributed by atoms with Crippen LogP contribution < -0.4 is 5.32 Å². The molecule has 0 aliphatic rings. The Morgan fingerprint density at radius 3 is 2.70 bits per heavy atom. The third kappa shape index (κ3) is 5.46. The fraction of sp³-hybridized carbons (Fsp3) is 0.714. The molecule has 0 saturated heterocycles. The lowest BCUT2D eigenvalue weighted by Crippen LogP contribution is -2.47. The molecular formula is C14H25N3O2S. The molecule has 1 aromatic rings. The van der Waals surface area contributed by atoms with E-state index in [0.29, 0.717) is 13.1 Å². The van der Waals surface area contributed by atoms with Gasteiger partial charge >= 0.3 is 6.03 Å². The minimum absolute atomic E-state index is 0.0653. The third-order valence-electron chi connectivity index (χ3n) is 2.90. The average molecular weight is 299 g/mol. The van der Waals surface area contributed by atoms with E-state index in [9.17, 15) is 9.90 Å². The normalized spacial score (nSPS) is 12.5. The van der Waals surface area contributed by atoms with Crippen LogP contribution in [0.5, 0.6) is 0 Å². The molecule has 0 aromatic carbocycles. The Hall–Kier alpha value is -1.14. The van der Waals surface area contributed by atoms with Gasteiger partial charge in [0.25, 0.3) is 0 Å². The van der Waals surface area contributed by atoms with E-state index in [-0.39, 0.29) is 12.1 Å². The van der Waals surface area contributed by atoms with Crippen LogP contribution in [0.4, 0.5) is 4.79 Å². The van der Waals surface area contributed by atoms with Crippen LogP contribution in [-0.4, -0.2) is 46.3 Å². The minimum Gasteiger partial charge on any atom is -0.392 e. The van der Waals surface area contributed by atoms with Crippen molar-refractivity contribution in [3.63, 3.8) is 0 Å². The van der Waals surface area contributed by atoms with Crippen LogP contribution >= 0.6 is 11.3 Å². The Morgan fingerprint density at radius 1 is 1.50 bits per heavy atom. The van der Waals surface area contributed by atoms with Crippen LogP contribution in [0.2, 0.25) is 0 Å². The van der Waals surface area contributed by atoms with Gasteiger partial charge in [-0.25, -0.2) is 9.78 Å². The molecule has 0 bridgehead atoms. The molecule has 0 spiro atoms. The van der Waals surface area contributed by atoms with Crippen LogP contribution in [0.1, 0.15) is 38.4 Å². The van der Waals surface area contributed by atoms with Gasteiger partial charge in [-0.1, -0.05) is 6.92 Å². The van der Waals surface area contributed by atoms with E-state index in [4.69, 9.17) is 0 Å². The molecule has 2 amide bonds. The highest BCUT2D eigenvalue weighted by molar-refractivity contribution is 7.09. The number of carbonyl (C=O) groups is 1. The number of hydrogen-bond acceptors (Lipinski definition) is 4. The third-order valence-corrected chi connectivity index (χ3v) is 3.95. The number of rotatable bonds is 7. The summed E-state index contributed by atoms with van der Waals surface area (Å²) >= 11 is 1.66. The van der Waals surface area contributed by atoms with E-state index in [0.717, 1.165) is 23.5 Å². The SMILES string of the molecule is CCc1nc(CCNC(=O)N(CC(C)O)C(C)C)cs1. The first kappa shape index (κ1) is 16.9. The maximum Gasteiger partial charge on any atom is 0.317 e. The van der Waals surface area contributed by atoms with Crippen molar-refractivity contribution >= 4 is 17.4 Å². The number of urea groups is 1. The fourth-order valence-corrected chi connectivity index (χ4v) is 2.62. The summed E-state index contributed by atoms with van der Waals surface area (Å²) in [6, 6.07) is -0.0672. The Bertz CT molecular complexity index is 418. The smallest absolute Gasteiger partial charge is 0.317 e. The Morgan fingerprint density at radius 2 is 2.20 bits per heavy atom. The van der Waals surface area contributed by atoms with Crippen molar-refractivity contribution in [3.05, 3.63) is 16.1 Å². The van der Waals surface area contributed by atoms with Gasteiger partial charge in [0.05, 0.1) is 16.8 Å². The van der Waals surface area contributed by atoms with Crippen molar-refractivity contribution in [1.82, 2.24) is 15.2 Å². The number of nitrogens with zero attached hydrogens (tertiary/aromatic N) is 2. The largest absolute Gasteiger partial charge is 0.392 e. The zero-order chi connectivity index (χ0) is 15.1. The monoisotopic (exact) mass is 299 g/mol. The molecule has 0 radical (unpaired) electrons. The first-order valence-corrected chi connectivity index (χ1v) is 7.97. The summed E-state index contributed by atoms with van der Waals surface area (Å²) in [4.78, 5) is 18.2. The summed E-state index contributed by atoms with van der Waals surface area (Å²) in [6.07, 6.45) is 1.17. The number of hydrogen-bond donors (Lipinski definition) is 2. The summed E-state index contributed by atoms with van der Waals surface area (Å²) in [5.41, 5.74) is 1.03. The second kappa shape index (κ2) is 8.21. The highest BCUT2D eigenvalue weighted by atomic mass is 32.1. The number of aliphatic hydroxyl groups excluding tert-OH is 1. The first-order chi connectivity index (χ1) is 9.43. The molecule has 20 heavy (non-hydrogen) atoms. The zero-order valence-electron chi connectivity index (χ0n) is 12.7. The molecule has 114 valence electrons. The van der Waals surface area contributed by atoms with Crippen LogP contribution in [0.15, 0.2) is 5.38 Å². The number of amides is 2. The van der Waals surface area contributed by atoms with Crippen molar-refractivity contribution in [1.29, 1.82) is 0 Å². The summed E-state index contributed by atoms with van der Waals surface area (Å²) in [7, 11) is 0. The van der Waals surface area contributed by atoms with Crippen LogP contribution in [0.25, 0.3) is 0 Å². The van der Waals surface area contributed by atoms with Crippen molar-refractivity contribution in [3.8, 4) is 0 Å². The fourth-order valence-electron chi connectivity index (χ4n) is 1.84. The van der Waals surface area contributed by atoms with Gasteiger partial charge in [0.2, 0.25) is 0 Å². The van der Waals surface area contributed by atoms with Gasteiger partial charge in [-0.05, 0) is 27.2 Å². The second-order valence-electron chi connectivity index (χ2n) is 5.16. The van der Waals surface area contributed by atoms with Gasteiger partial charge in [0.15, 0.2) is 0 Å². The summed E-state index contributed by atoms with van der Waals surface area (Å²) in [5, 5.41) is 15.5. The molecule has 0 saturated carbocycles. The van der Waals surface area contributed by atoms with Crippen molar-refractivity contribution in [2.24, 2.45) is 0 Å². The summed E-state index contributed by atoms with van der Waals surface area (Å²) < 4.78 is 0. The van der Waals surface area contributed by atoms with E-state index in [1.165, 1.54) is 0 Å². The molecule has 1 aromatic heterocycles. The summed E-state index contributed by atoms with van der Waals surface area (Å²) in [6.45, 7) is 8.56. The molecule has 5 nitrogen and oxygen atoms in total. The van der Waals surface area contributed by atoms with Crippen LogP contribution in [-0.2, 0) is 12.8 Å². The number of carbonyl (C=O) groups excluding carboxylic acids is 1. The van der Waals surface area contributed by atoms with Gasteiger partial charge in [-0.15, -0.1) is 11.3 Å². The minimum atomic E-state index is -0.520. The molecule has 2 N–H and O–H groups in total. The quantitative estimate of drug-likeness (QED) is 0.810. The predicted molar refractivity (Wildman–Crippen MR) is 82.1 cm³/mol. The molecule has 0 aliphatic carbocycles. The number of aliphatic hydroxyl groups is 1. The maximum absolute atomic E-state index is 12.1. The first-order valence-electron chi connectivity index (χ1n) is 7.09. The lowest BCUT2D eigenvalue weighted by molar-refractivity contribution is 0.119. The van der Waals surface area contributed by atoms with E-state index in [2.05, 4.69) is 17.2 Å². The number of aromatic nitrogens is 1. The maximum atomic E-state index is 12.1. The number of aryl methyl sites for hydroxylation is 1. The highest BCUT2D eigenvalue weighted by Gasteiger charge is 2.18. The molecule has 6 heteroatoms. The van der Waals surface area contributed by atoms with E-state index < -0.39 is 6.10 Å². The van der Waals surface area contributed by atoms with Crippen molar-refractivity contribution in [2.45, 2.75) is 52.7 Å². The second-order valence-corrected chi connectivity index (χ2v) is 6.11. The van der Waals surface area contributed by atoms with E-state index in [1.54, 1.807) is 23.2 Å². The van der Waals surface area contributed by atoms with Crippen LogP contribution in [0, 0.1) is 0 Å². The van der Waals surface area contributed by atoms with Crippen LogP contribution in [0.3, 0.4) is 0 Å². The molecule has 0 fully saturated rings. The Labute approximate surface area is 125 Å². The molecule has 1 rings (SSSR count). The highest BCUT2D eigenvalue weighted by Crippen LogP contribution is 2.10. The van der Waals surface area contributed by atoms with Gasteiger partial charge in [-0.2, -0.15) is 0 Å². The number of nitrogens with one attached hydrogen (secondary N) is 1. The average Bonchev–Trinajstić information content (AvgIpc) is 2.83. The van der Waals surface area contributed by atoms with Crippen molar-refractivity contribution in [2.75, 3.05) is 13.1 Å². The molecular weight excluding hydrogens is 274 g/mol. The lowest BCUT2D eigenvalue weighted by atomic mass is 10.3. The molecule has 1 unspecified atom stereocenters. The number of thiazole rings is 1. The lowest BCUT2D eigenvalue weighted by Gasteiger charge is -2.28. The molecule has 0 aliphatic heterocycles. The van der Waals surface area contributed by atoms with Gasteiger partial charge in [-0.3, -0.25) is 0 Å². The van der Waals surface area contributed by atoms with Gasteiger partial charge in [0, 0.05) is 30.9 Å². The molecule has 1 atom stereocenters. The molecule has 1 heterocycles. The topological polar surface area (TPSA) is 65.5 Å². The van der Waals surface area contributed by atoms with Gasteiger partial charge in [0.1, 0.15) is 0 Å². The Balaban J connectivity index is 2.40. The Kier molecular flexibility index (Phi) is 6.95. The van der Waals surface area contributed by atoms with E-state index in [1.807, 2.05) is 19.2 Å². The predicted octanol–water partition coefficient (Wildman–Crippen LogP) is 2.05. The van der Waals surface area contributed by atoms with Crippen molar-refractivity contribution < 1.29 is 9.90 Å².